The SMILES string of the molecule is CC(C)CCC[C@@H](C)[C@H]1CC[C@H]2[C@@H]3CC=C4C[C@@H](OC(=O)[C@@H]5CC(=O)O5)CC[C@]4(C)[C@H]3CC[C@]12C. The molecule has 1 aliphatic heterocycles. The Morgan fingerprint density at radius 3 is 2.54 bits per heavy atom. The molecule has 4 heteroatoms. The molecule has 3 saturated carbocycles. The summed E-state index contributed by atoms with van der Waals surface area (Å²) in [5.41, 5.74) is 2.32. The van der Waals surface area contributed by atoms with Crippen molar-refractivity contribution >= 4 is 11.9 Å². The summed E-state index contributed by atoms with van der Waals surface area (Å²) in [6, 6.07) is 0. The molecule has 4 aliphatic carbocycles. The highest BCUT2D eigenvalue weighted by molar-refractivity contribution is 5.89. The van der Waals surface area contributed by atoms with Gasteiger partial charge in [-0.2, -0.15) is 0 Å². The van der Waals surface area contributed by atoms with E-state index in [1.165, 1.54) is 56.9 Å². The number of hydrogen-bond donors (Lipinski definition) is 0. The minimum Gasteiger partial charge on any atom is -0.459 e. The van der Waals surface area contributed by atoms with Crippen LogP contribution in [0.2, 0.25) is 0 Å². The topological polar surface area (TPSA) is 52.6 Å². The van der Waals surface area contributed by atoms with E-state index in [9.17, 15) is 9.59 Å². The summed E-state index contributed by atoms with van der Waals surface area (Å²) in [6.07, 6.45) is 15.9. The summed E-state index contributed by atoms with van der Waals surface area (Å²) >= 11 is 0. The van der Waals surface area contributed by atoms with E-state index in [4.69, 9.17) is 9.47 Å². The molecule has 0 aromatic rings. The first kappa shape index (κ1) is 25.3. The zero-order valence-corrected chi connectivity index (χ0v) is 22.8. The molecule has 0 spiro atoms. The lowest BCUT2D eigenvalue weighted by molar-refractivity contribution is -0.189. The van der Waals surface area contributed by atoms with Gasteiger partial charge in [-0.1, -0.05) is 65.5 Å². The highest BCUT2D eigenvalue weighted by Crippen LogP contribution is 2.67. The van der Waals surface area contributed by atoms with Crippen molar-refractivity contribution in [3.05, 3.63) is 11.6 Å². The van der Waals surface area contributed by atoms with Crippen LogP contribution >= 0.6 is 0 Å². The lowest BCUT2D eigenvalue weighted by atomic mass is 9.47. The molecule has 5 aliphatic rings. The standard InChI is InChI=1S/C31H48O4/c1-19(2)7-6-8-20(3)24-11-12-25-23-10-9-21-17-22(34-29(33)27-18-28(32)35-27)13-15-30(21,4)26(23)14-16-31(24,25)5/h9,19-20,22-27H,6-8,10-18H2,1-5H3/t20-,22+,23+,24-,25+,26+,27+,30+,31-/m1/s1. The quantitative estimate of drug-likeness (QED) is 0.282. The Hall–Kier alpha value is -1.32. The van der Waals surface area contributed by atoms with E-state index in [1.807, 2.05) is 0 Å². The number of carbonyl (C=O) groups is 2. The Balaban J connectivity index is 1.24. The van der Waals surface area contributed by atoms with Gasteiger partial charge >= 0.3 is 11.9 Å². The van der Waals surface area contributed by atoms with Crippen LogP contribution in [0.4, 0.5) is 0 Å². The summed E-state index contributed by atoms with van der Waals surface area (Å²) in [6.45, 7) is 12.4. The van der Waals surface area contributed by atoms with Crippen molar-refractivity contribution < 1.29 is 19.1 Å². The maximum Gasteiger partial charge on any atom is 0.348 e. The predicted molar refractivity (Wildman–Crippen MR) is 137 cm³/mol. The molecule has 0 amide bonds. The third-order valence-corrected chi connectivity index (χ3v) is 11.4. The second-order valence-corrected chi connectivity index (χ2v) is 13.8. The second-order valence-electron chi connectivity index (χ2n) is 13.8. The van der Waals surface area contributed by atoms with Crippen molar-refractivity contribution in [3.8, 4) is 0 Å². The van der Waals surface area contributed by atoms with Gasteiger partial charge in [-0.3, -0.25) is 4.79 Å². The molecule has 1 saturated heterocycles. The lowest BCUT2D eigenvalue weighted by Crippen LogP contribution is -2.51. The number of carbonyl (C=O) groups excluding carboxylic acids is 2. The van der Waals surface area contributed by atoms with E-state index in [-0.39, 0.29) is 29.9 Å². The van der Waals surface area contributed by atoms with E-state index < -0.39 is 6.10 Å². The number of cyclic esters (lactones) is 1. The van der Waals surface area contributed by atoms with Crippen molar-refractivity contribution in [2.45, 2.75) is 124 Å². The van der Waals surface area contributed by atoms with Crippen molar-refractivity contribution in [1.82, 2.24) is 0 Å². The van der Waals surface area contributed by atoms with Crippen LogP contribution in [-0.2, 0) is 19.1 Å². The maximum atomic E-state index is 12.3. The molecule has 0 aromatic heterocycles. The monoisotopic (exact) mass is 484 g/mol. The van der Waals surface area contributed by atoms with E-state index >= 15 is 0 Å². The number of allylic oxidation sites excluding steroid dienone is 1. The van der Waals surface area contributed by atoms with Crippen LogP contribution in [-0.4, -0.2) is 24.1 Å². The fourth-order valence-electron chi connectivity index (χ4n) is 9.42. The van der Waals surface area contributed by atoms with Crippen LogP contribution in [0.1, 0.15) is 112 Å². The fourth-order valence-corrected chi connectivity index (χ4v) is 9.42. The molecule has 0 aromatic carbocycles. The van der Waals surface area contributed by atoms with Crippen LogP contribution in [0.25, 0.3) is 0 Å². The largest absolute Gasteiger partial charge is 0.459 e. The first-order valence-electron chi connectivity index (χ1n) is 14.7. The summed E-state index contributed by atoms with van der Waals surface area (Å²) in [5.74, 6) is 4.40. The normalized spacial score (nSPS) is 43.3. The van der Waals surface area contributed by atoms with Crippen molar-refractivity contribution in [1.29, 1.82) is 0 Å². The highest BCUT2D eigenvalue weighted by Gasteiger charge is 2.59. The van der Waals surface area contributed by atoms with E-state index in [1.54, 1.807) is 0 Å². The van der Waals surface area contributed by atoms with Gasteiger partial charge in [0.1, 0.15) is 6.10 Å². The minimum absolute atomic E-state index is 0.0610. The Morgan fingerprint density at radius 1 is 1.06 bits per heavy atom. The van der Waals surface area contributed by atoms with Crippen LogP contribution in [0.5, 0.6) is 0 Å². The zero-order valence-electron chi connectivity index (χ0n) is 22.8. The lowest BCUT2D eigenvalue weighted by Gasteiger charge is -2.58. The maximum absolute atomic E-state index is 12.3. The van der Waals surface area contributed by atoms with Gasteiger partial charge in [-0.15, -0.1) is 0 Å². The van der Waals surface area contributed by atoms with E-state index in [0.29, 0.717) is 5.41 Å². The third kappa shape index (κ3) is 4.50. The smallest absolute Gasteiger partial charge is 0.348 e. The Bertz CT molecular complexity index is 852. The highest BCUT2D eigenvalue weighted by atomic mass is 16.6. The number of rotatable bonds is 7. The number of hydrogen-bond acceptors (Lipinski definition) is 4. The third-order valence-electron chi connectivity index (χ3n) is 11.4. The van der Waals surface area contributed by atoms with Gasteiger partial charge in [0.2, 0.25) is 6.10 Å². The molecule has 4 fully saturated rings. The molecule has 0 bridgehead atoms. The molecule has 0 N–H and O–H groups in total. The fraction of sp³-hybridized carbons (Fsp3) is 0.871. The summed E-state index contributed by atoms with van der Waals surface area (Å²) in [5, 5.41) is 0. The molecule has 0 unspecified atom stereocenters. The van der Waals surface area contributed by atoms with Gasteiger partial charge in [-0.05, 0) is 91.3 Å². The van der Waals surface area contributed by atoms with Crippen molar-refractivity contribution in [2.75, 3.05) is 0 Å². The average molecular weight is 485 g/mol. The first-order chi connectivity index (χ1) is 16.6. The van der Waals surface area contributed by atoms with E-state index in [2.05, 4.69) is 40.7 Å². The van der Waals surface area contributed by atoms with Crippen LogP contribution in [0, 0.1) is 46.3 Å². The molecule has 1 heterocycles. The van der Waals surface area contributed by atoms with E-state index in [0.717, 1.165) is 54.8 Å². The molecule has 35 heavy (non-hydrogen) atoms. The molecular formula is C31H48O4. The molecule has 9 atom stereocenters. The average Bonchev–Trinajstić information content (AvgIpc) is 3.14. The van der Waals surface area contributed by atoms with Crippen LogP contribution in [0.15, 0.2) is 11.6 Å². The predicted octanol–water partition coefficient (Wildman–Crippen LogP) is 7.26. The van der Waals surface area contributed by atoms with Gasteiger partial charge in [-0.25, -0.2) is 4.79 Å². The molecule has 5 rings (SSSR count). The molecular weight excluding hydrogens is 436 g/mol. The number of fused-ring (bicyclic) bond motifs is 5. The van der Waals surface area contributed by atoms with Gasteiger partial charge in [0, 0.05) is 6.42 Å². The van der Waals surface area contributed by atoms with Crippen molar-refractivity contribution in [2.24, 2.45) is 46.3 Å². The summed E-state index contributed by atoms with van der Waals surface area (Å²) < 4.78 is 10.7. The number of ether oxygens (including phenoxy) is 2. The van der Waals surface area contributed by atoms with Crippen molar-refractivity contribution in [3.63, 3.8) is 0 Å². The van der Waals surface area contributed by atoms with Gasteiger partial charge < -0.3 is 9.47 Å². The van der Waals surface area contributed by atoms with Crippen LogP contribution in [0.3, 0.4) is 0 Å². The summed E-state index contributed by atoms with van der Waals surface area (Å²) in [4.78, 5) is 23.4. The van der Waals surface area contributed by atoms with Crippen LogP contribution < -0.4 is 0 Å². The molecule has 196 valence electrons. The summed E-state index contributed by atoms with van der Waals surface area (Å²) in [7, 11) is 0. The Labute approximate surface area is 213 Å². The second kappa shape index (κ2) is 9.53. The Kier molecular flexibility index (Phi) is 6.89. The Morgan fingerprint density at radius 2 is 1.83 bits per heavy atom. The minimum atomic E-state index is -0.667. The van der Waals surface area contributed by atoms with Gasteiger partial charge in [0.15, 0.2) is 0 Å². The molecule has 0 radical (unpaired) electrons. The zero-order chi connectivity index (χ0) is 25.0. The molecule has 4 nitrogen and oxygen atoms in total. The van der Waals surface area contributed by atoms with Gasteiger partial charge in [0.25, 0.3) is 0 Å². The van der Waals surface area contributed by atoms with Gasteiger partial charge in [0.05, 0.1) is 6.42 Å². The number of esters is 2. The first-order valence-corrected chi connectivity index (χ1v) is 14.7.